The predicted octanol–water partition coefficient (Wildman–Crippen LogP) is 4.27. The van der Waals surface area contributed by atoms with Crippen molar-refractivity contribution in [3.05, 3.63) is 77.9 Å². The van der Waals surface area contributed by atoms with Crippen molar-refractivity contribution >= 4 is 39.3 Å². The van der Waals surface area contributed by atoms with Crippen LogP contribution in [0.15, 0.2) is 76.5 Å². The molecule has 13 heteroatoms. The van der Waals surface area contributed by atoms with Crippen LogP contribution in [-0.4, -0.2) is 37.6 Å². The third-order valence-electron chi connectivity index (χ3n) is 6.30. The molecule has 1 atom stereocenters. The van der Waals surface area contributed by atoms with Crippen molar-refractivity contribution in [3.63, 3.8) is 0 Å². The van der Waals surface area contributed by atoms with Gasteiger partial charge in [0.05, 0.1) is 22.7 Å². The van der Waals surface area contributed by atoms with Gasteiger partial charge in [-0.25, -0.2) is 13.6 Å². The lowest BCUT2D eigenvalue weighted by atomic mass is 10.0. The van der Waals surface area contributed by atoms with Gasteiger partial charge in [0.25, 0.3) is 5.91 Å². The second-order valence-corrected chi connectivity index (χ2v) is 13.0. The monoisotopic (exact) mass is 606 g/mol. The van der Waals surface area contributed by atoms with Crippen molar-refractivity contribution in [2.75, 3.05) is 10.7 Å². The molecule has 1 aliphatic rings. The van der Waals surface area contributed by atoms with Gasteiger partial charge in [-0.3, -0.25) is 9.59 Å². The molecular formula is C28H29F3N4O4S2. The Balaban J connectivity index is 1.68. The maximum Gasteiger partial charge on any atom is 0.416 e. The van der Waals surface area contributed by atoms with Crippen LogP contribution < -0.4 is 21.1 Å². The zero-order chi connectivity index (χ0) is 30.2. The van der Waals surface area contributed by atoms with Crippen LogP contribution in [0.2, 0.25) is 0 Å². The molecule has 8 nitrogen and oxygen atoms in total. The highest BCUT2D eigenvalue weighted by Crippen LogP contribution is 2.40. The molecule has 0 fully saturated rings. The van der Waals surface area contributed by atoms with Gasteiger partial charge in [-0.1, -0.05) is 42.5 Å². The molecule has 218 valence electrons. The van der Waals surface area contributed by atoms with Gasteiger partial charge >= 0.3 is 6.18 Å². The van der Waals surface area contributed by atoms with Gasteiger partial charge in [-0.15, -0.1) is 11.8 Å². The first-order chi connectivity index (χ1) is 19.0. The van der Waals surface area contributed by atoms with Gasteiger partial charge in [0, 0.05) is 28.2 Å². The minimum atomic E-state index is -4.57. The second kappa shape index (κ2) is 11.5. The van der Waals surface area contributed by atoms with Crippen molar-refractivity contribution in [2.24, 2.45) is 10.9 Å². The molecule has 1 heterocycles. The normalized spacial score (nSPS) is 16.2. The molecule has 4 rings (SSSR count). The van der Waals surface area contributed by atoms with Gasteiger partial charge in [0.2, 0.25) is 15.9 Å². The van der Waals surface area contributed by atoms with E-state index < -0.39 is 45.2 Å². The van der Waals surface area contributed by atoms with Crippen LogP contribution >= 0.6 is 11.8 Å². The predicted molar refractivity (Wildman–Crippen MR) is 151 cm³/mol. The lowest BCUT2D eigenvalue weighted by molar-refractivity contribution is -0.137. The minimum Gasteiger partial charge on any atom is -0.343 e. The first-order valence-electron chi connectivity index (χ1n) is 12.5. The van der Waals surface area contributed by atoms with E-state index in [2.05, 4.69) is 5.32 Å². The van der Waals surface area contributed by atoms with Crippen LogP contribution in [0.1, 0.15) is 31.4 Å². The molecule has 5 N–H and O–H groups in total. The molecule has 0 bridgehead atoms. The molecule has 41 heavy (non-hydrogen) atoms. The number of hydrogen-bond acceptors (Lipinski definition) is 6. The summed E-state index contributed by atoms with van der Waals surface area (Å²) in [6.07, 6.45) is -4.62. The number of sulfonamides is 1. The average molecular weight is 607 g/mol. The zero-order valence-electron chi connectivity index (χ0n) is 22.2. The number of carbonyl (C=O) groups is 2. The fraction of sp³-hybridized carbons (Fsp3) is 0.286. The Labute approximate surface area is 240 Å². The Hall–Kier alpha value is -3.39. The van der Waals surface area contributed by atoms with Gasteiger partial charge < -0.3 is 16.0 Å². The third kappa shape index (κ3) is 7.47. The number of amides is 2. The molecule has 0 aromatic heterocycles. The van der Waals surface area contributed by atoms with E-state index in [0.29, 0.717) is 16.7 Å². The second-order valence-electron chi connectivity index (χ2n) is 10.4. The van der Waals surface area contributed by atoms with E-state index in [1.165, 1.54) is 17.0 Å². The quantitative estimate of drug-likeness (QED) is 0.368. The highest BCUT2D eigenvalue weighted by atomic mass is 32.2. The Bertz CT molecular complexity index is 1570. The summed E-state index contributed by atoms with van der Waals surface area (Å²) < 4.78 is 64.5. The molecule has 0 unspecified atom stereocenters. The fourth-order valence-electron chi connectivity index (χ4n) is 4.43. The van der Waals surface area contributed by atoms with E-state index in [4.69, 9.17) is 10.9 Å². The molecule has 3 aromatic rings. The van der Waals surface area contributed by atoms with Crippen LogP contribution in [0, 0.1) is 0 Å². The number of nitrogens with one attached hydrogen (secondary N) is 1. The summed E-state index contributed by atoms with van der Waals surface area (Å²) >= 11 is 1.05. The van der Waals surface area contributed by atoms with Crippen molar-refractivity contribution in [3.8, 4) is 11.1 Å². The number of rotatable bonds is 7. The standard InChI is InChI=1S/C28H29F3N4O4S2/c1-27(2,32)14-25(36)34-21-16-40-23-13-19(28(29,30)31)11-12-22(23)35(26(21)37)15-17-7-9-18(10-8-17)20-5-3-4-6-24(20)41(33,38)39/h3-13,21H,14-16,32H2,1-2H3,(H,34,36)(H2,33,38,39)/t21-/m1/s1. The summed E-state index contributed by atoms with van der Waals surface area (Å²) in [5, 5.41) is 8.05. The summed E-state index contributed by atoms with van der Waals surface area (Å²) in [5.41, 5.74) is 6.16. The number of hydrogen-bond donors (Lipinski definition) is 3. The zero-order valence-corrected chi connectivity index (χ0v) is 23.9. The molecule has 1 aliphatic heterocycles. The summed E-state index contributed by atoms with van der Waals surface area (Å²) in [6, 6.07) is 15.2. The molecule has 0 saturated carbocycles. The number of benzene rings is 3. The number of thioether (sulfide) groups is 1. The highest BCUT2D eigenvalue weighted by molar-refractivity contribution is 7.99. The number of nitrogens with two attached hydrogens (primary N) is 2. The maximum atomic E-state index is 13.7. The topological polar surface area (TPSA) is 136 Å². The summed E-state index contributed by atoms with van der Waals surface area (Å²) in [6.45, 7) is 3.33. The molecule has 2 amide bonds. The lowest BCUT2D eigenvalue weighted by Crippen LogP contribution is -2.51. The van der Waals surface area contributed by atoms with E-state index >= 15 is 0 Å². The third-order valence-corrected chi connectivity index (χ3v) is 8.41. The maximum absolute atomic E-state index is 13.7. The van der Waals surface area contributed by atoms with Crippen LogP contribution in [0.4, 0.5) is 18.9 Å². The number of fused-ring (bicyclic) bond motifs is 1. The van der Waals surface area contributed by atoms with Crippen LogP contribution in [0.3, 0.4) is 0 Å². The van der Waals surface area contributed by atoms with Gasteiger partial charge in [0.1, 0.15) is 6.04 Å². The summed E-state index contributed by atoms with van der Waals surface area (Å²) in [5.74, 6) is -0.900. The number of carbonyl (C=O) groups excluding carboxylic acids is 2. The molecular weight excluding hydrogens is 577 g/mol. The van der Waals surface area contributed by atoms with Crippen molar-refractivity contribution in [1.29, 1.82) is 0 Å². The molecule has 0 saturated heterocycles. The highest BCUT2D eigenvalue weighted by Gasteiger charge is 2.36. The Kier molecular flexibility index (Phi) is 8.55. The lowest BCUT2D eigenvalue weighted by Gasteiger charge is -2.27. The minimum absolute atomic E-state index is 0.0103. The molecule has 3 aromatic carbocycles. The average Bonchev–Trinajstić information content (AvgIpc) is 2.99. The Morgan fingerprint density at radius 3 is 2.34 bits per heavy atom. The SMILES string of the molecule is CC(C)(N)CC(=O)N[C@@H]1CSc2cc(C(F)(F)F)ccc2N(Cc2ccc(-c3ccccc3S(N)(=O)=O)cc2)C1=O. The van der Waals surface area contributed by atoms with E-state index in [0.717, 1.165) is 23.9 Å². The van der Waals surface area contributed by atoms with Crippen LogP contribution in [-0.2, 0) is 32.3 Å². The Morgan fingerprint density at radius 1 is 1.07 bits per heavy atom. The van der Waals surface area contributed by atoms with Crippen LogP contribution in [0.25, 0.3) is 11.1 Å². The first-order valence-corrected chi connectivity index (χ1v) is 15.0. The number of halogens is 3. The molecule has 0 aliphatic carbocycles. The van der Waals surface area contributed by atoms with Crippen molar-refractivity contribution < 1.29 is 31.2 Å². The smallest absolute Gasteiger partial charge is 0.343 e. The number of anilines is 1. The molecule has 0 radical (unpaired) electrons. The molecule has 0 spiro atoms. The van der Waals surface area contributed by atoms with Gasteiger partial charge in [-0.2, -0.15) is 13.2 Å². The number of primary sulfonamides is 1. The van der Waals surface area contributed by atoms with Crippen LogP contribution in [0.5, 0.6) is 0 Å². The van der Waals surface area contributed by atoms with Crippen molar-refractivity contribution in [1.82, 2.24) is 5.32 Å². The van der Waals surface area contributed by atoms with E-state index in [9.17, 15) is 31.2 Å². The Morgan fingerprint density at radius 2 is 1.73 bits per heavy atom. The van der Waals surface area contributed by atoms with E-state index in [1.807, 2.05) is 0 Å². The first kappa shape index (κ1) is 30.6. The summed E-state index contributed by atoms with van der Waals surface area (Å²) in [4.78, 5) is 27.9. The summed E-state index contributed by atoms with van der Waals surface area (Å²) in [7, 11) is -3.98. The van der Waals surface area contributed by atoms with E-state index in [-0.39, 0.29) is 34.2 Å². The number of nitrogens with zero attached hydrogens (tertiary/aromatic N) is 1. The fourth-order valence-corrected chi connectivity index (χ4v) is 6.30. The van der Waals surface area contributed by atoms with Crippen molar-refractivity contribution in [2.45, 2.75) is 54.4 Å². The van der Waals surface area contributed by atoms with Gasteiger partial charge in [-0.05, 0) is 49.2 Å². The largest absolute Gasteiger partial charge is 0.416 e. The number of alkyl halides is 3. The van der Waals surface area contributed by atoms with Gasteiger partial charge in [0.15, 0.2) is 0 Å². The van der Waals surface area contributed by atoms with E-state index in [1.54, 1.807) is 56.3 Å².